The van der Waals surface area contributed by atoms with E-state index in [1.165, 1.54) is 0 Å². The number of thiocarbonyl (C=S) groups is 1. The molecule has 0 saturated carbocycles. The summed E-state index contributed by atoms with van der Waals surface area (Å²) in [6.45, 7) is 6.01. The standard InChI is InChI=1S/C13H17ClN2OS/c1-8(2)16(7-12(15)18)13(17)10-4-5-11(14)9(3)6-10/h4-6,8H,7H2,1-3H3,(H2,15,18). The number of hydrogen-bond acceptors (Lipinski definition) is 2. The molecule has 0 aromatic heterocycles. The van der Waals surface area contributed by atoms with Gasteiger partial charge in [-0.2, -0.15) is 0 Å². The normalized spacial score (nSPS) is 10.5. The molecule has 0 atom stereocenters. The van der Waals surface area contributed by atoms with Crippen molar-refractivity contribution in [3.05, 3.63) is 34.3 Å². The van der Waals surface area contributed by atoms with Crippen LogP contribution in [0.3, 0.4) is 0 Å². The average molecular weight is 285 g/mol. The van der Waals surface area contributed by atoms with E-state index in [1.54, 1.807) is 23.1 Å². The molecule has 1 aromatic carbocycles. The third-order valence-corrected chi connectivity index (χ3v) is 3.17. The second-order valence-electron chi connectivity index (χ2n) is 4.46. The fourth-order valence-corrected chi connectivity index (χ4v) is 1.86. The van der Waals surface area contributed by atoms with Gasteiger partial charge in [-0.05, 0) is 44.5 Å². The highest BCUT2D eigenvalue weighted by atomic mass is 35.5. The first-order valence-electron chi connectivity index (χ1n) is 5.68. The van der Waals surface area contributed by atoms with E-state index in [9.17, 15) is 4.79 Å². The highest BCUT2D eigenvalue weighted by Gasteiger charge is 2.19. The number of halogens is 1. The summed E-state index contributed by atoms with van der Waals surface area (Å²) in [5.41, 5.74) is 6.99. The molecule has 1 rings (SSSR count). The van der Waals surface area contributed by atoms with Crippen LogP contribution in [0.15, 0.2) is 18.2 Å². The van der Waals surface area contributed by atoms with Crippen molar-refractivity contribution < 1.29 is 4.79 Å². The number of carbonyl (C=O) groups is 1. The number of amides is 1. The zero-order valence-corrected chi connectivity index (χ0v) is 12.3. The van der Waals surface area contributed by atoms with Gasteiger partial charge in [-0.1, -0.05) is 23.8 Å². The minimum atomic E-state index is -0.0856. The highest BCUT2D eigenvalue weighted by Crippen LogP contribution is 2.18. The van der Waals surface area contributed by atoms with E-state index in [0.29, 0.717) is 15.6 Å². The van der Waals surface area contributed by atoms with Crippen LogP contribution < -0.4 is 5.73 Å². The summed E-state index contributed by atoms with van der Waals surface area (Å²) in [7, 11) is 0. The van der Waals surface area contributed by atoms with Crippen molar-refractivity contribution in [1.29, 1.82) is 0 Å². The summed E-state index contributed by atoms with van der Waals surface area (Å²) in [6.07, 6.45) is 0. The lowest BCUT2D eigenvalue weighted by Gasteiger charge is -2.26. The van der Waals surface area contributed by atoms with Gasteiger partial charge in [0.2, 0.25) is 0 Å². The van der Waals surface area contributed by atoms with Crippen LogP contribution in [0.4, 0.5) is 0 Å². The highest BCUT2D eigenvalue weighted by molar-refractivity contribution is 7.80. The van der Waals surface area contributed by atoms with E-state index in [1.807, 2.05) is 20.8 Å². The summed E-state index contributed by atoms with van der Waals surface area (Å²) >= 11 is 10.8. The first kappa shape index (κ1) is 14.9. The second kappa shape index (κ2) is 6.16. The molecule has 2 N–H and O–H groups in total. The molecule has 98 valence electrons. The Kier molecular flexibility index (Phi) is 5.11. The maximum Gasteiger partial charge on any atom is 0.254 e. The minimum absolute atomic E-state index is 0.0370. The third-order valence-electron chi connectivity index (χ3n) is 2.62. The molecule has 1 amide bonds. The number of nitrogens with zero attached hydrogens (tertiary/aromatic N) is 1. The third kappa shape index (κ3) is 3.68. The van der Waals surface area contributed by atoms with Gasteiger partial charge in [0.05, 0.1) is 11.5 Å². The average Bonchev–Trinajstić information content (AvgIpc) is 2.28. The molecule has 0 bridgehead atoms. The Morgan fingerprint density at radius 1 is 1.50 bits per heavy atom. The van der Waals surface area contributed by atoms with Crippen molar-refractivity contribution in [2.24, 2.45) is 5.73 Å². The Bertz CT molecular complexity index is 474. The SMILES string of the molecule is Cc1cc(C(=O)N(CC(N)=S)C(C)C)ccc1Cl. The lowest BCUT2D eigenvalue weighted by molar-refractivity contribution is 0.0736. The molecule has 0 fully saturated rings. The molecule has 1 aromatic rings. The predicted molar refractivity (Wildman–Crippen MR) is 79.1 cm³/mol. The van der Waals surface area contributed by atoms with Crippen LogP contribution in [0, 0.1) is 6.92 Å². The molecular weight excluding hydrogens is 268 g/mol. The molecule has 0 saturated heterocycles. The van der Waals surface area contributed by atoms with E-state index in [2.05, 4.69) is 0 Å². The Morgan fingerprint density at radius 3 is 2.56 bits per heavy atom. The number of carbonyl (C=O) groups excluding carboxylic acids is 1. The van der Waals surface area contributed by atoms with Crippen LogP contribution in [0.1, 0.15) is 29.8 Å². The number of benzene rings is 1. The van der Waals surface area contributed by atoms with Crippen LogP contribution in [0.5, 0.6) is 0 Å². The fourth-order valence-electron chi connectivity index (χ4n) is 1.60. The van der Waals surface area contributed by atoms with Gasteiger partial charge >= 0.3 is 0 Å². The van der Waals surface area contributed by atoms with Gasteiger partial charge in [-0.15, -0.1) is 0 Å². The molecule has 0 radical (unpaired) electrons. The Hall–Kier alpha value is -1.13. The van der Waals surface area contributed by atoms with Crippen LogP contribution >= 0.6 is 23.8 Å². The molecule has 0 unspecified atom stereocenters. The van der Waals surface area contributed by atoms with Gasteiger partial charge in [0.15, 0.2) is 0 Å². The molecule has 0 heterocycles. The molecule has 18 heavy (non-hydrogen) atoms. The summed E-state index contributed by atoms with van der Waals surface area (Å²) in [5, 5.41) is 0.650. The quantitative estimate of drug-likeness (QED) is 0.865. The maximum atomic E-state index is 12.4. The van der Waals surface area contributed by atoms with Gasteiger partial charge in [-0.25, -0.2) is 0 Å². The summed E-state index contributed by atoms with van der Waals surface area (Å²) in [6, 6.07) is 5.25. The second-order valence-corrected chi connectivity index (χ2v) is 5.39. The zero-order valence-electron chi connectivity index (χ0n) is 10.7. The molecule has 0 aliphatic rings. The van der Waals surface area contributed by atoms with E-state index in [-0.39, 0.29) is 18.5 Å². The van der Waals surface area contributed by atoms with Crippen molar-refractivity contribution in [3.63, 3.8) is 0 Å². The number of aryl methyl sites for hydroxylation is 1. The van der Waals surface area contributed by atoms with Crippen LogP contribution in [0.2, 0.25) is 5.02 Å². The predicted octanol–water partition coefficient (Wildman–Crippen LogP) is 2.79. The summed E-state index contributed by atoms with van der Waals surface area (Å²) in [5.74, 6) is -0.0856. The molecular formula is C13H17ClN2OS. The van der Waals surface area contributed by atoms with Crippen LogP contribution in [-0.4, -0.2) is 28.4 Å². The van der Waals surface area contributed by atoms with Crippen molar-refractivity contribution >= 4 is 34.7 Å². The monoisotopic (exact) mass is 284 g/mol. The molecule has 0 aliphatic carbocycles. The largest absolute Gasteiger partial charge is 0.392 e. The molecule has 0 aliphatic heterocycles. The Labute approximate surface area is 118 Å². The van der Waals surface area contributed by atoms with Crippen molar-refractivity contribution in [2.75, 3.05) is 6.54 Å². The van der Waals surface area contributed by atoms with Gasteiger partial charge in [-0.3, -0.25) is 4.79 Å². The summed E-state index contributed by atoms with van der Waals surface area (Å²) < 4.78 is 0. The van der Waals surface area contributed by atoms with Crippen LogP contribution in [-0.2, 0) is 0 Å². The van der Waals surface area contributed by atoms with E-state index in [4.69, 9.17) is 29.6 Å². The number of rotatable bonds is 4. The number of hydrogen-bond donors (Lipinski definition) is 1. The Balaban J connectivity index is 3.02. The molecule has 0 spiro atoms. The minimum Gasteiger partial charge on any atom is -0.392 e. The van der Waals surface area contributed by atoms with E-state index < -0.39 is 0 Å². The first-order chi connectivity index (χ1) is 8.32. The first-order valence-corrected chi connectivity index (χ1v) is 6.47. The Morgan fingerprint density at radius 2 is 2.11 bits per heavy atom. The van der Waals surface area contributed by atoms with Gasteiger partial charge in [0.1, 0.15) is 0 Å². The molecule has 5 heteroatoms. The maximum absolute atomic E-state index is 12.4. The lowest BCUT2D eigenvalue weighted by Crippen LogP contribution is -2.42. The fraction of sp³-hybridized carbons (Fsp3) is 0.385. The number of nitrogens with two attached hydrogens (primary N) is 1. The lowest BCUT2D eigenvalue weighted by atomic mass is 10.1. The van der Waals surface area contributed by atoms with Gasteiger partial charge in [0.25, 0.3) is 5.91 Å². The van der Waals surface area contributed by atoms with Gasteiger partial charge in [0, 0.05) is 16.6 Å². The van der Waals surface area contributed by atoms with Gasteiger partial charge < -0.3 is 10.6 Å². The molecule has 3 nitrogen and oxygen atoms in total. The van der Waals surface area contributed by atoms with Crippen molar-refractivity contribution in [3.8, 4) is 0 Å². The van der Waals surface area contributed by atoms with E-state index >= 15 is 0 Å². The van der Waals surface area contributed by atoms with E-state index in [0.717, 1.165) is 5.56 Å². The van der Waals surface area contributed by atoms with Crippen molar-refractivity contribution in [1.82, 2.24) is 4.90 Å². The zero-order chi connectivity index (χ0) is 13.9. The smallest absolute Gasteiger partial charge is 0.254 e. The van der Waals surface area contributed by atoms with Crippen LogP contribution in [0.25, 0.3) is 0 Å². The topological polar surface area (TPSA) is 46.3 Å². The van der Waals surface area contributed by atoms with Crippen molar-refractivity contribution in [2.45, 2.75) is 26.8 Å². The summed E-state index contributed by atoms with van der Waals surface area (Å²) in [4.78, 5) is 14.3.